The molecule has 268 valence electrons. The van der Waals surface area contributed by atoms with E-state index in [1.807, 2.05) is 0 Å². The smallest absolute Gasteiger partial charge is 0.269 e. The van der Waals surface area contributed by atoms with E-state index in [4.69, 9.17) is 18.5 Å². The van der Waals surface area contributed by atoms with E-state index in [9.17, 15) is 10.1 Å². The number of nitrogens with zero attached hydrogens (tertiary/aromatic N) is 1. The van der Waals surface area contributed by atoms with Crippen molar-refractivity contribution in [3.05, 3.63) is 34.4 Å². The maximum absolute atomic E-state index is 11.2. The first-order valence-corrected chi connectivity index (χ1v) is 18.5. The van der Waals surface area contributed by atoms with Gasteiger partial charge in [0, 0.05) is 31.5 Å². The van der Waals surface area contributed by atoms with Crippen LogP contribution in [0, 0.1) is 42.6 Å². The average Bonchev–Trinajstić information content (AvgIpc) is 2.80. The zero-order chi connectivity index (χ0) is 35.6. The molecule has 7 nitrogen and oxygen atoms in total. The van der Waals surface area contributed by atoms with Gasteiger partial charge in [0.1, 0.15) is 11.9 Å². The van der Waals surface area contributed by atoms with Crippen LogP contribution in [0.15, 0.2) is 24.3 Å². The number of rotatable bonds is 20. The Bertz CT molecular complexity index is 1030. The third-order valence-corrected chi connectivity index (χ3v) is 9.57. The van der Waals surface area contributed by atoms with Crippen molar-refractivity contribution in [3.8, 4) is 5.75 Å². The number of nitro groups is 1. The molecule has 0 aromatic heterocycles. The van der Waals surface area contributed by atoms with E-state index in [-0.39, 0.29) is 44.3 Å². The summed E-state index contributed by atoms with van der Waals surface area (Å²) in [4.78, 5) is 10.8. The van der Waals surface area contributed by atoms with E-state index in [2.05, 4.69) is 104 Å². The first-order chi connectivity index (χ1) is 20.7. The van der Waals surface area contributed by atoms with Crippen LogP contribution in [0.4, 0.5) is 5.69 Å². The molecule has 1 rings (SSSR count). The molecule has 2 unspecified atom stereocenters. The zero-order valence-electron chi connectivity index (χ0n) is 32.3. The molecule has 8 heteroatoms. The summed E-state index contributed by atoms with van der Waals surface area (Å²) in [7, 11) is -1.35. The minimum Gasteiger partial charge on any atom is -0.447 e. The molecule has 0 aliphatic carbocycles. The van der Waals surface area contributed by atoms with E-state index < -0.39 is 13.3 Å². The summed E-state index contributed by atoms with van der Waals surface area (Å²) in [5, 5.41) is 11.2. The third-order valence-electron chi connectivity index (χ3n) is 7.60. The molecule has 0 aliphatic rings. The van der Waals surface area contributed by atoms with Gasteiger partial charge in [-0.3, -0.25) is 10.1 Å². The molecule has 0 saturated carbocycles. The first kappa shape index (κ1) is 42.8. The van der Waals surface area contributed by atoms with Gasteiger partial charge in [0.25, 0.3) is 5.69 Å². The molecule has 2 atom stereocenters. The fraction of sp³-hybridized carbons (Fsp3) is 0.842. The van der Waals surface area contributed by atoms with Gasteiger partial charge in [-0.05, 0) is 76.7 Å². The van der Waals surface area contributed by atoms with Gasteiger partial charge in [-0.25, -0.2) is 0 Å². The number of hydrogen-bond donors (Lipinski definition) is 0. The van der Waals surface area contributed by atoms with Crippen molar-refractivity contribution in [1.82, 2.24) is 0 Å². The van der Waals surface area contributed by atoms with E-state index in [0.29, 0.717) is 32.2 Å². The second-order valence-corrected chi connectivity index (χ2v) is 20.8. The summed E-state index contributed by atoms with van der Waals surface area (Å²) in [5.41, 5.74) is 1.02. The van der Waals surface area contributed by atoms with Crippen LogP contribution in [0.1, 0.15) is 136 Å². The van der Waals surface area contributed by atoms with E-state index in [1.165, 1.54) is 12.1 Å². The van der Waals surface area contributed by atoms with Crippen LogP contribution in [0.25, 0.3) is 0 Å². The van der Waals surface area contributed by atoms with Crippen LogP contribution in [0.5, 0.6) is 5.75 Å². The number of hydrogen-bond acceptors (Lipinski definition) is 6. The number of non-ortho nitro benzene ring substituents is 1. The summed E-state index contributed by atoms with van der Waals surface area (Å²) in [6.07, 6.45) is 5.67. The summed E-state index contributed by atoms with van der Waals surface area (Å²) in [6.45, 7) is 36.4. The largest absolute Gasteiger partial charge is 0.447 e. The lowest BCUT2D eigenvalue weighted by Gasteiger charge is -2.35. The molecule has 0 aliphatic heterocycles. The maximum atomic E-state index is 11.2. The van der Waals surface area contributed by atoms with Crippen molar-refractivity contribution in [3.63, 3.8) is 0 Å². The topological polar surface area (TPSA) is 80.1 Å². The van der Waals surface area contributed by atoms with Crippen LogP contribution in [0.3, 0.4) is 0 Å². The van der Waals surface area contributed by atoms with Crippen LogP contribution in [-0.4, -0.2) is 43.6 Å². The highest BCUT2D eigenvalue weighted by molar-refractivity contribution is 7.47. The van der Waals surface area contributed by atoms with Crippen molar-refractivity contribution in [1.29, 1.82) is 0 Å². The van der Waals surface area contributed by atoms with Crippen LogP contribution in [0.2, 0.25) is 0 Å². The zero-order valence-corrected chi connectivity index (χ0v) is 33.2. The Labute approximate surface area is 284 Å². The Morgan fingerprint density at radius 1 is 0.674 bits per heavy atom. The Balaban J connectivity index is 3.06. The molecule has 0 radical (unpaired) electrons. The Kier molecular flexibility index (Phi) is 16.2. The monoisotopic (exact) mass is 667 g/mol. The summed E-state index contributed by atoms with van der Waals surface area (Å²) < 4.78 is 25.7. The lowest BCUT2D eigenvalue weighted by atomic mass is 9.74. The average molecular weight is 668 g/mol. The molecular weight excluding hydrogens is 597 g/mol. The molecule has 0 amide bonds. The Hall–Kier alpha value is -1.27. The molecule has 1 aromatic rings. The standard InChI is InChI=1S/C38H70NO6P/c1-33(2,3)26-36(10,11)20-22-42-24-32(43-23-21-37(12,13)27-34(4,5)6)25-44-46(29-38(14,15)28-35(7,8)9)45-31-18-16-30(17-19-31)39(40)41/h16-19,32H,20-29H2,1-15H3. The second kappa shape index (κ2) is 17.4. The summed E-state index contributed by atoms with van der Waals surface area (Å²) in [5.74, 6) is 0.571. The van der Waals surface area contributed by atoms with Crippen molar-refractivity contribution in [2.45, 2.75) is 142 Å². The lowest BCUT2D eigenvalue weighted by molar-refractivity contribution is -0.384. The van der Waals surface area contributed by atoms with Crippen LogP contribution < -0.4 is 4.52 Å². The molecule has 0 saturated heterocycles. The van der Waals surface area contributed by atoms with Gasteiger partial charge in [-0.2, -0.15) is 0 Å². The lowest BCUT2D eigenvalue weighted by Crippen LogP contribution is -2.30. The Morgan fingerprint density at radius 2 is 1.13 bits per heavy atom. The number of ether oxygens (including phenoxy) is 2. The molecular formula is C38H70NO6P. The highest BCUT2D eigenvalue weighted by atomic mass is 31.2. The maximum Gasteiger partial charge on any atom is 0.269 e. The van der Waals surface area contributed by atoms with Gasteiger partial charge in [0.15, 0.2) is 0 Å². The van der Waals surface area contributed by atoms with Crippen molar-refractivity contribution in [2.24, 2.45) is 32.5 Å². The quantitative estimate of drug-likeness (QED) is 0.0596. The van der Waals surface area contributed by atoms with E-state index in [0.717, 1.165) is 38.3 Å². The van der Waals surface area contributed by atoms with Crippen molar-refractivity contribution < 1.29 is 23.4 Å². The minimum absolute atomic E-state index is 0.0345. The fourth-order valence-corrected chi connectivity index (χ4v) is 8.82. The molecule has 0 spiro atoms. The van der Waals surface area contributed by atoms with Gasteiger partial charge in [-0.15, -0.1) is 0 Å². The van der Waals surface area contributed by atoms with E-state index >= 15 is 0 Å². The van der Waals surface area contributed by atoms with E-state index in [1.54, 1.807) is 12.1 Å². The normalized spacial score (nSPS) is 15.1. The van der Waals surface area contributed by atoms with Gasteiger partial charge in [0.05, 0.1) is 18.1 Å². The van der Waals surface area contributed by atoms with Crippen molar-refractivity contribution in [2.75, 3.05) is 32.6 Å². The molecule has 0 fully saturated rings. The minimum atomic E-state index is -1.35. The van der Waals surface area contributed by atoms with Gasteiger partial charge in [-0.1, -0.05) is 104 Å². The summed E-state index contributed by atoms with van der Waals surface area (Å²) >= 11 is 0. The Morgan fingerprint density at radius 3 is 1.59 bits per heavy atom. The molecule has 1 aromatic carbocycles. The fourth-order valence-electron chi connectivity index (χ4n) is 7.12. The summed E-state index contributed by atoms with van der Waals surface area (Å²) in [6, 6.07) is 6.26. The number of benzene rings is 1. The predicted octanol–water partition coefficient (Wildman–Crippen LogP) is 11.9. The van der Waals surface area contributed by atoms with Gasteiger partial charge >= 0.3 is 0 Å². The number of nitro benzene ring substituents is 1. The second-order valence-electron chi connectivity index (χ2n) is 19.4. The third kappa shape index (κ3) is 20.9. The first-order valence-electron chi connectivity index (χ1n) is 17.2. The highest BCUT2D eigenvalue weighted by Crippen LogP contribution is 2.48. The van der Waals surface area contributed by atoms with Crippen LogP contribution >= 0.6 is 8.38 Å². The van der Waals surface area contributed by atoms with Crippen molar-refractivity contribution >= 4 is 14.1 Å². The SMILES string of the molecule is CC(C)(C)CC(C)(C)CCOCC(COP(CC(C)(C)CC(C)(C)C)Oc1ccc([N+](=O)[O-])cc1)OCCC(C)(C)CC(C)(C)C. The molecule has 0 bridgehead atoms. The highest BCUT2D eigenvalue weighted by Gasteiger charge is 2.32. The molecule has 0 N–H and O–H groups in total. The van der Waals surface area contributed by atoms with Gasteiger partial charge < -0.3 is 18.5 Å². The molecule has 46 heavy (non-hydrogen) atoms. The molecule has 0 heterocycles. The van der Waals surface area contributed by atoms with Gasteiger partial charge in [0.2, 0.25) is 8.38 Å². The predicted molar refractivity (Wildman–Crippen MR) is 195 cm³/mol. The van der Waals surface area contributed by atoms with Crippen LogP contribution in [-0.2, 0) is 14.0 Å².